The Hall–Kier alpha value is -0.180. The highest BCUT2D eigenvalue weighted by Crippen LogP contribution is 1.83. The van der Waals surface area contributed by atoms with E-state index in [4.69, 9.17) is 0 Å². The summed E-state index contributed by atoms with van der Waals surface area (Å²) in [5.41, 5.74) is 0. The van der Waals surface area contributed by atoms with E-state index in [2.05, 4.69) is 17.4 Å². The van der Waals surface area contributed by atoms with Gasteiger partial charge in [0.2, 0.25) is 0 Å². The van der Waals surface area contributed by atoms with Gasteiger partial charge in [-0.1, -0.05) is 6.92 Å². The van der Waals surface area contributed by atoms with Gasteiger partial charge in [0, 0.05) is 0 Å². The molecular weight excluding hydrogens is 124 g/mol. The van der Waals surface area contributed by atoms with Crippen LogP contribution < -0.4 is 0 Å². The van der Waals surface area contributed by atoms with Gasteiger partial charge in [0.1, 0.15) is 0 Å². The summed E-state index contributed by atoms with van der Waals surface area (Å²) in [6, 6.07) is 0. The topological polar surface area (TPSA) is 26.3 Å². The van der Waals surface area contributed by atoms with Crippen molar-refractivity contribution in [2.24, 2.45) is 0 Å². The highest BCUT2D eigenvalue weighted by molar-refractivity contribution is 7.81. The molecule has 0 unspecified atom stereocenters. The molecule has 0 atom stereocenters. The lowest BCUT2D eigenvalue weighted by Crippen LogP contribution is -2.05. The molecule has 0 saturated heterocycles. The zero-order valence-electron chi connectivity index (χ0n) is 4.89. The number of hydrogen-bond donors (Lipinski definition) is 1. The van der Waals surface area contributed by atoms with Crippen molar-refractivity contribution >= 4 is 18.6 Å². The third-order valence-corrected chi connectivity index (χ3v) is 0.854. The Morgan fingerprint density at radius 3 is 2.75 bits per heavy atom. The van der Waals surface area contributed by atoms with Gasteiger partial charge in [-0.15, -0.1) is 0 Å². The number of hydrogen-bond acceptors (Lipinski definition) is 3. The fraction of sp³-hybridized carbons (Fsp3) is 0.800. The Labute approximate surface area is 54.6 Å². The van der Waals surface area contributed by atoms with Crippen LogP contribution in [0.15, 0.2) is 0 Å². The molecule has 0 rings (SSSR count). The predicted molar refractivity (Wildman–Crippen MR) is 35.1 cm³/mol. The largest absolute Gasteiger partial charge is 0.465 e. The van der Waals surface area contributed by atoms with E-state index in [0.29, 0.717) is 6.61 Å². The summed E-state index contributed by atoms with van der Waals surface area (Å²) in [6.07, 6.45) is 0.875. The van der Waals surface area contributed by atoms with E-state index >= 15 is 0 Å². The summed E-state index contributed by atoms with van der Waals surface area (Å²) >= 11 is 3.71. The van der Waals surface area contributed by atoms with Crippen LogP contribution >= 0.6 is 12.6 Å². The van der Waals surface area contributed by atoms with E-state index < -0.39 is 0 Å². The van der Waals surface area contributed by atoms with Crippen LogP contribution in [0, 0.1) is 0 Å². The minimum absolute atomic E-state index is 0.181. The van der Waals surface area contributed by atoms with Crippen molar-refractivity contribution < 1.29 is 9.53 Å². The molecule has 0 fully saturated rings. The summed E-state index contributed by atoms with van der Waals surface area (Å²) in [7, 11) is 0. The molecule has 0 saturated carbocycles. The third-order valence-electron chi connectivity index (χ3n) is 0.596. The lowest BCUT2D eigenvalue weighted by molar-refractivity contribution is -0.140. The van der Waals surface area contributed by atoms with Crippen LogP contribution in [0.2, 0.25) is 0 Å². The molecule has 0 amide bonds. The Bertz CT molecular complexity index is 72.8. The monoisotopic (exact) mass is 134 g/mol. The second kappa shape index (κ2) is 4.97. The van der Waals surface area contributed by atoms with Gasteiger partial charge in [-0.2, -0.15) is 12.6 Å². The van der Waals surface area contributed by atoms with Gasteiger partial charge in [0.15, 0.2) is 0 Å². The predicted octanol–water partition coefficient (Wildman–Crippen LogP) is 0.869. The highest BCUT2D eigenvalue weighted by atomic mass is 32.1. The quantitative estimate of drug-likeness (QED) is 0.458. The average Bonchev–Trinajstić information content (AvgIpc) is 1.83. The Kier molecular flexibility index (Phi) is 4.85. The normalized spacial score (nSPS) is 8.75. The van der Waals surface area contributed by atoms with E-state index in [1.165, 1.54) is 0 Å². The first-order valence-corrected chi connectivity index (χ1v) is 3.21. The van der Waals surface area contributed by atoms with Crippen LogP contribution in [0.1, 0.15) is 13.3 Å². The number of thiol groups is 1. The molecule has 0 heterocycles. The smallest absolute Gasteiger partial charge is 0.315 e. The summed E-state index contributed by atoms with van der Waals surface area (Å²) in [4.78, 5) is 10.3. The van der Waals surface area contributed by atoms with Crippen LogP contribution in [0.3, 0.4) is 0 Å². The minimum Gasteiger partial charge on any atom is -0.465 e. The van der Waals surface area contributed by atoms with Gasteiger partial charge < -0.3 is 4.74 Å². The van der Waals surface area contributed by atoms with Gasteiger partial charge in [-0.25, -0.2) is 0 Å². The molecule has 0 spiro atoms. The molecule has 3 heteroatoms. The molecule has 0 radical (unpaired) electrons. The van der Waals surface area contributed by atoms with Crippen molar-refractivity contribution in [1.29, 1.82) is 0 Å². The maximum Gasteiger partial charge on any atom is 0.315 e. The average molecular weight is 134 g/mol. The number of esters is 1. The van der Waals surface area contributed by atoms with Crippen LogP contribution in [0.4, 0.5) is 0 Å². The maximum absolute atomic E-state index is 10.3. The number of carbonyl (C=O) groups excluding carboxylic acids is 1. The van der Waals surface area contributed by atoms with E-state index in [-0.39, 0.29) is 11.7 Å². The minimum atomic E-state index is -0.241. The fourth-order valence-electron chi connectivity index (χ4n) is 0.262. The molecule has 0 aromatic heterocycles. The standard InChI is InChI=1S/C5H10O2S/c1-2-3-7-5(6)4-8/h8H,2-4H2,1H3. The zero-order chi connectivity index (χ0) is 6.41. The van der Waals surface area contributed by atoms with Crippen molar-refractivity contribution in [3.8, 4) is 0 Å². The van der Waals surface area contributed by atoms with Crippen molar-refractivity contribution in [2.45, 2.75) is 13.3 Å². The Morgan fingerprint density at radius 1 is 1.75 bits per heavy atom. The van der Waals surface area contributed by atoms with Crippen molar-refractivity contribution in [2.75, 3.05) is 12.4 Å². The van der Waals surface area contributed by atoms with Crippen molar-refractivity contribution in [3.05, 3.63) is 0 Å². The summed E-state index contributed by atoms with van der Waals surface area (Å²) < 4.78 is 4.62. The van der Waals surface area contributed by atoms with Crippen LogP contribution in [-0.4, -0.2) is 18.3 Å². The zero-order valence-corrected chi connectivity index (χ0v) is 5.78. The lowest BCUT2D eigenvalue weighted by Gasteiger charge is -1.96. The second-order valence-corrected chi connectivity index (χ2v) is 1.69. The molecule has 8 heavy (non-hydrogen) atoms. The molecular formula is C5H10O2S. The summed E-state index contributed by atoms with van der Waals surface area (Å²) in [5, 5.41) is 0. The molecule has 0 aromatic carbocycles. The number of rotatable bonds is 3. The maximum atomic E-state index is 10.3. The third kappa shape index (κ3) is 3.99. The first-order chi connectivity index (χ1) is 3.81. The van der Waals surface area contributed by atoms with Crippen LogP contribution in [0.25, 0.3) is 0 Å². The van der Waals surface area contributed by atoms with Gasteiger partial charge in [0.25, 0.3) is 0 Å². The Morgan fingerprint density at radius 2 is 2.38 bits per heavy atom. The fourth-order valence-corrected chi connectivity index (χ4v) is 0.353. The first kappa shape index (κ1) is 7.82. The van der Waals surface area contributed by atoms with Gasteiger partial charge in [-0.05, 0) is 6.42 Å². The molecule has 0 aliphatic rings. The summed E-state index contributed by atoms with van der Waals surface area (Å²) in [5.74, 6) is -0.0600. The molecule has 0 aliphatic heterocycles. The molecule has 2 nitrogen and oxygen atoms in total. The molecule has 0 N–H and O–H groups in total. The van der Waals surface area contributed by atoms with Crippen LogP contribution in [-0.2, 0) is 9.53 Å². The van der Waals surface area contributed by atoms with E-state index in [9.17, 15) is 4.79 Å². The second-order valence-electron chi connectivity index (χ2n) is 1.38. The van der Waals surface area contributed by atoms with Gasteiger partial charge in [-0.3, -0.25) is 4.79 Å². The lowest BCUT2D eigenvalue weighted by atomic mass is 10.5. The molecule has 0 bridgehead atoms. The summed E-state index contributed by atoms with van der Waals surface area (Å²) in [6.45, 7) is 2.46. The number of ether oxygens (including phenoxy) is 1. The SMILES string of the molecule is CCCOC(=O)CS. The van der Waals surface area contributed by atoms with Crippen molar-refractivity contribution in [1.82, 2.24) is 0 Å². The number of carbonyl (C=O) groups is 1. The van der Waals surface area contributed by atoms with Crippen LogP contribution in [0.5, 0.6) is 0 Å². The van der Waals surface area contributed by atoms with E-state index in [1.54, 1.807) is 0 Å². The highest BCUT2D eigenvalue weighted by Gasteiger charge is 1.93. The molecule has 0 aliphatic carbocycles. The Balaban J connectivity index is 2.99. The first-order valence-electron chi connectivity index (χ1n) is 2.57. The van der Waals surface area contributed by atoms with Gasteiger partial charge in [0.05, 0.1) is 12.4 Å². The molecule has 0 aromatic rings. The molecule has 48 valence electrons. The van der Waals surface area contributed by atoms with Gasteiger partial charge >= 0.3 is 5.97 Å². The van der Waals surface area contributed by atoms with Crippen molar-refractivity contribution in [3.63, 3.8) is 0 Å². The van der Waals surface area contributed by atoms with E-state index in [0.717, 1.165) is 6.42 Å². The van der Waals surface area contributed by atoms with E-state index in [1.807, 2.05) is 6.92 Å².